The molecule has 3 aromatic carbocycles. The smallest absolute Gasteiger partial charge is 0.224 e. The summed E-state index contributed by atoms with van der Waals surface area (Å²) in [4.78, 5) is 13.5. The SMILES string of the molecule is O=C1N[C@@H](c2ccccc2)COCc2cn(nn2)CC[C@@H]1Cc1ccc(-c2ccccc2)cc1. The zero-order valence-electron chi connectivity index (χ0n) is 19.0. The topological polar surface area (TPSA) is 69.0 Å². The lowest BCUT2D eigenvalue weighted by Gasteiger charge is -2.24. The maximum atomic E-state index is 13.5. The molecule has 0 aliphatic carbocycles. The van der Waals surface area contributed by atoms with E-state index in [1.54, 1.807) is 4.68 Å². The van der Waals surface area contributed by atoms with E-state index in [-0.39, 0.29) is 17.9 Å². The number of benzene rings is 3. The first kappa shape index (κ1) is 22.0. The van der Waals surface area contributed by atoms with Crippen molar-refractivity contribution in [2.24, 2.45) is 5.92 Å². The van der Waals surface area contributed by atoms with Gasteiger partial charge in [-0.05, 0) is 35.1 Å². The number of hydrogen-bond acceptors (Lipinski definition) is 4. The molecule has 2 bridgehead atoms. The molecule has 2 atom stereocenters. The highest BCUT2D eigenvalue weighted by atomic mass is 16.5. The zero-order valence-corrected chi connectivity index (χ0v) is 19.0. The molecule has 5 rings (SSSR count). The Kier molecular flexibility index (Phi) is 6.77. The van der Waals surface area contributed by atoms with E-state index in [1.807, 2.05) is 54.7 Å². The molecule has 2 heterocycles. The molecule has 172 valence electrons. The summed E-state index contributed by atoms with van der Waals surface area (Å²) in [5.74, 6) is -0.161. The van der Waals surface area contributed by atoms with Gasteiger partial charge in [-0.25, -0.2) is 0 Å². The molecular formula is C28H28N4O2. The molecule has 6 nitrogen and oxygen atoms in total. The minimum Gasteiger partial charge on any atom is -0.373 e. The van der Waals surface area contributed by atoms with Crippen LogP contribution in [-0.2, 0) is 29.1 Å². The molecule has 0 fully saturated rings. The standard InChI is InChI=1S/C28H28N4O2/c33-28-25(17-21-11-13-23(14-12-21)22-7-3-1-4-8-22)15-16-32-18-26(30-31-32)19-34-20-27(29-28)24-9-5-2-6-10-24/h1-14,18,25,27H,15-17,19-20H2,(H,29,33)/t25-,27-/m1/s1. The van der Waals surface area contributed by atoms with E-state index in [0.29, 0.717) is 32.6 Å². The van der Waals surface area contributed by atoms with Gasteiger partial charge in [0.05, 0.1) is 25.5 Å². The van der Waals surface area contributed by atoms with Crippen LogP contribution in [0.1, 0.15) is 29.3 Å². The second-order valence-electron chi connectivity index (χ2n) is 8.71. The van der Waals surface area contributed by atoms with Gasteiger partial charge in [-0.3, -0.25) is 9.48 Å². The largest absolute Gasteiger partial charge is 0.373 e. The molecule has 6 heteroatoms. The van der Waals surface area contributed by atoms with Crippen molar-refractivity contribution in [3.8, 4) is 11.1 Å². The van der Waals surface area contributed by atoms with E-state index in [1.165, 1.54) is 11.1 Å². The number of carbonyl (C=O) groups excluding carboxylic acids is 1. The summed E-state index contributed by atoms with van der Waals surface area (Å²) in [6, 6.07) is 28.6. The molecule has 0 radical (unpaired) electrons. The van der Waals surface area contributed by atoms with Crippen LogP contribution in [0.2, 0.25) is 0 Å². The number of aryl methyl sites for hydroxylation is 1. The van der Waals surface area contributed by atoms with Crippen LogP contribution in [0.3, 0.4) is 0 Å². The summed E-state index contributed by atoms with van der Waals surface area (Å²) in [5, 5.41) is 11.7. The third-order valence-electron chi connectivity index (χ3n) is 6.26. The van der Waals surface area contributed by atoms with Crippen molar-refractivity contribution in [1.29, 1.82) is 0 Å². The molecule has 1 amide bonds. The fourth-order valence-electron chi connectivity index (χ4n) is 4.35. The molecule has 4 aromatic rings. The molecule has 1 N–H and O–H groups in total. The lowest BCUT2D eigenvalue weighted by molar-refractivity contribution is -0.126. The first-order valence-electron chi connectivity index (χ1n) is 11.7. The van der Waals surface area contributed by atoms with Crippen molar-refractivity contribution in [3.63, 3.8) is 0 Å². The number of aromatic nitrogens is 3. The van der Waals surface area contributed by atoms with Gasteiger partial charge in [0.1, 0.15) is 5.69 Å². The molecule has 1 aromatic heterocycles. The molecule has 34 heavy (non-hydrogen) atoms. The van der Waals surface area contributed by atoms with Crippen molar-refractivity contribution < 1.29 is 9.53 Å². The van der Waals surface area contributed by atoms with E-state index in [2.05, 4.69) is 52.0 Å². The van der Waals surface area contributed by atoms with Crippen LogP contribution in [0, 0.1) is 5.92 Å². The maximum absolute atomic E-state index is 13.5. The number of rotatable bonds is 4. The van der Waals surface area contributed by atoms with Gasteiger partial charge < -0.3 is 10.1 Å². The average Bonchev–Trinajstić information content (AvgIpc) is 3.34. The number of nitrogens with one attached hydrogen (secondary N) is 1. The fourth-order valence-corrected chi connectivity index (χ4v) is 4.35. The highest BCUT2D eigenvalue weighted by molar-refractivity contribution is 5.79. The summed E-state index contributed by atoms with van der Waals surface area (Å²) in [7, 11) is 0. The van der Waals surface area contributed by atoms with Gasteiger partial charge >= 0.3 is 0 Å². The van der Waals surface area contributed by atoms with Crippen LogP contribution >= 0.6 is 0 Å². The summed E-state index contributed by atoms with van der Waals surface area (Å²) in [5.41, 5.74) is 5.32. The number of fused-ring (bicyclic) bond motifs is 2. The lowest BCUT2D eigenvalue weighted by atomic mass is 9.93. The molecular weight excluding hydrogens is 424 g/mol. The van der Waals surface area contributed by atoms with Crippen LogP contribution in [0.5, 0.6) is 0 Å². The van der Waals surface area contributed by atoms with Gasteiger partial charge in [-0.1, -0.05) is 90.1 Å². The highest BCUT2D eigenvalue weighted by Gasteiger charge is 2.24. The Morgan fingerprint density at radius 2 is 1.62 bits per heavy atom. The quantitative estimate of drug-likeness (QED) is 0.492. The Morgan fingerprint density at radius 3 is 2.38 bits per heavy atom. The predicted octanol–water partition coefficient (Wildman–Crippen LogP) is 4.58. The van der Waals surface area contributed by atoms with Crippen molar-refractivity contribution in [2.75, 3.05) is 6.61 Å². The zero-order chi connectivity index (χ0) is 23.2. The highest BCUT2D eigenvalue weighted by Crippen LogP contribution is 2.23. The molecule has 1 aliphatic heterocycles. The second kappa shape index (κ2) is 10.4. The Balaban J connectivity index is 1.37. The van der Waals surface area contributed by atoms with Gasteiger partial charge in [0, 0.05) is 12.5 Å². The monoisotopic (exact) mass is 452 g/mol. The second-order valence-corrected chi connectivity index (χ2v) is 8.71. The van der Waals surface area contributed by atoms with Crippen LogP contribution in [0.25, 0.3) is 11.1 Å². The van der Waals surface area contributed by atoms with Gasteiger partial charge in [0.15, 0.2) is 0 Å². The minimum absolute atomic E-state index is 0.0329. The Hall–Kier alpha value is -3.77. The molecule has 0 saturated carbocycles. The Labute approximate surface area is 199 Å². The minimum atomic E-state index is -0.217. The van der Waals surface area contributed by atoms with E-state index in [0.717, 1.165) is 16.8 Å². The van der Waals surface area contributed by atoms with Crippen LogP contribution in [0.15, 0.2) is 91.1 Å². The number of carbonyl (C=O) groups is 1. The average molecular weight is 453 g/mol. The van der Waals surface area contributed by atoms with Crippen LogP contribution in [0.4, 0.5) is 0 Å². The van der Waals surface area contributed by atoms with E-state index >= 15 is 0 Å². The first-order chi connectivity index (χ1) is 16.7. The van der Waals surface area contributed by atoms with E-state index < -0.39 is 0 Å². The van der Waals surface area contributed by atoms with Crippen molar-refractivity contribution in [1.82, 2.24) is 20.3 Å². The molecule has 0 saturated heterocycles. The maximum Gasteiger partial charge on any atom is 0.224 e. The van der Waals surface area contributed by atoms with E-state index in [4.69, 9.17) is 4.74 Å². The predicted molar refractivity (Wildman–Crippen MR) is 131 cm³/mol. The summed E-state index contributed by atoms with van der Waals surface area (Å²) < 4.78 is 7.70. The third kappa shape index (κ3) is 5.41. The summed E-state index contributed by atoms with van der Waals surface area (Å²) in [6.45, 7) is 1.38. The van der Waals surface area contributed by atoms with Crippen LogP contribution < -0.4 is 5.32 Å². The van der Waals surface area contributed by atoms with Crippen LogP contribution in [-0.4, -0.2) is 27.5 Å². The number of hydrogen-bond donors (Lipinski definition) is 1. The summed E-state index contributed by atoms with van der Waals surface area (Å²) in [6.07, 6.45) is 3.24. The third-order valence-corrected chi connectivity index (χ3v) is 6.26. The van der Waals surface area contributed by atoms with Gasteiger partial charge in [0.2, 0.25) is 5.91 Å². The molecule has 0 unspecified atom stereocenters. The number of ether oxygens (including phenoxy) is 1. The number of amides is 1. The lowest BCUT2D eigenvalue weighted by Crippen LogP contribution is -2.37. The van der Waals surface area contributed by atoms with Crippen molar-refractivity contribution in [2.45, 2.75) is 32.0 Å². The molecule has 1 aliphatic rings. The first-order valence-corrected chi connectivity index (χ1v) is 11.7. The summed E-state index contributed by atoms with van der Waals surface area (Å²) >= 11 is 0. The number of nitrogens with zero attached hydrogens (tertiary/aromatic N) is 3. The van der Waals surface area contributed by atoms with Gasteiger partial charge in [-0.15, -0.1) is 5.10 Å². The van der Waals surface area contributed by atoms with Gasteiger partial charge in [-0.2, -0.15) is 0 Å². The van der Waals surface area contributed by atoms with Crippen molar-refractivity contribution in [3.05, 3.63) is 108 Å². The fraction of sp³-hybridized carbons (Fsp3) is 0.250. The Bertz CT molecular complexity index is 1210. The van der Waals surface area contributed by atoms with E-state index in [9.17, 15) is 4.79 Å². The molecule has 0 spiro atoms. The van der Waals surface area contributed by atoms with Gasteiger partial charge in [0.25, 0.3) is 0 Å². The Morgan fingerprint density at radius 1 is 0.912 bits per heavy atom. The normalized spacial score (nSPS) is 19.0. The van der Waals surface area contributed by atoms with Crippen molar-refractivity contribution >= 4 is 5.91 Å².